The first-order valence-corrected chi connectivity index (χ1v) is 7.02. The van der Waals surface area contributed by atoms with Crippen LogP contribution in [0.1, 0.15) is 11.3 Å². The van der Waals surface area contributed by atoms with E-state index in [0.717, 1.165) is 11.6 Å². The summed E-state index contributed by atoms with van der Waals surface area (Å²) < 4.78 is 44.9. The number of para-hydroxylation sites is 1. The summed E-state index contributed by atoms with van der Waals surface area (Å²) >= 11 is 0. The second-order valence-corrected chi connectivity index (χ2v) is 5.24. The van der Waals surface area contributed by atoms with Crippen LogP contribution in [0, 0.1) is 6.92 Å². The molecule has 0 aliphatic rings. The molecular weight excluding hydrogens is 303 g/mol. The highest BCUT2D eigenvalue weighted by Crippen LogP contribution is 2.37. The van der Waals surface area contributed by atoms with Crippen LogP contribution < -0.4 is 4.74 Å². The Morgan fingerprint density at radius 2 is 1.74 bits per heavy atom. The van der Waals surface area contributed by atoms with E-state index in [0.29, 0.717) is 22.4 Å². The molecule has 3 aromatic rings. The van der Waals surface area contributed by atoms with E-state index in [1.54, 1.807) is 38.3 Å². The predicted molar refractivity (Wildman–Crippen MR) is 83.5 cm³/mol. The normalized spacial score (nSPS) is 11.7. The van der Waals surface area contributed by atoms with Crippen molar-refractivity contribution < 1.29 is 17.9 Å². The molecule has 3 rings (SSSR count). The summed E-state index contributed by atoms with van der Waals surface area (Å²) in [6, 6.07) is 13.2. The van der Waals surface area contributed by atoms with Crippen LogP contribution in [-0.2, 0) is 6.18 Å². The van der Waals surface area contributed by atoms with Crippen molar-refractivity contribution in [3.8, 4) is 16.9 Å². The highest BCUT2D eigenvalue weighted by Gasteiger charge is 2.33. The monoisotopic (exact) mass is 317 g/mol. The second-order valence-electron chi connectivity index (χ2n) is 5.24. The molecule has 0 aliphatic carbocycles. The molecule has 23 heavy (non-hydrogen) atoms. The Morgan fingerprint density at radius 3 is 2.43 bits per heavy atom. The lowest BCUT2D eigenvalue weighted by Crippen LogP contribution is -2.07. The number of methoxy groups -OCH3 is 1. The van der Waals surface area contributed by atoms with Gasteiger partial charge in [-0.3, -0.25) is 4.98 Å². The average molecular weight is 317 g/mol. The van der Waals surface area contributed by atoms with Gasteiger partial charge in [0.05, 0.1) is 18.2 Å². The fourth-order valence-electron chi connectivity index (χ4n) is 2.63. The minimum Gasteiger partial charge on any atom is -0.497 e. The summed E-state index contributed by atoms with van der Waals surface area (Å²) in [5.74, 6) is 0.650. The van der Waals surface area contributed by atoms with Crippen LogP contribution >= 0.6 is 0 Å². The van der Waals surface area contributed by atoms with E-state index in [-0.39, 0.29) is 5.52 Å². The molecule has 0 fully saturated rings. The Balaban J connectivity index is 2.34. The van der Waals surface area contributed by atoms with E-state index < -0.39 is 11.7 Å². The Hall–Kier alpha value is -2.56. The van der Waals surface area contributed by atoms with Gasteiger partial charge in [0.15, 0.2) is 0 Å². The van der Waals surface area contributed by atoms with Crippen LogP contribution in [0.4, 0.5) is 13.2 Å². The van der Waals surface area contributed by atoms with Crippen molar-refractivity contribution in [2.75, 3.05) is 7.11 Å². The number of fused-ring (bicyclic) bond motifs is 1. The Bertz CT molecular complexity index is 872. The van der Waals surface area contributed by atoms with Crippen LogP contribution in [-0.4, -0.2) is 12.1 Å². The summed E-state index contributed by atoms with van der Waals surface area (Å²) in [6.45, 7) is 1.69. The predicted octanol–water partition coefficient (Wildman–Crippen LogP) is 5.24. The lowest BCUT2D eigenvalue weighted by molar-refractivity contribution is -0.136. The number of pyridine rings is 1. The zero-order valence-electron chi connectivity index (χ0n) is 12.6. The van der Waals surface area contributed by atoms with Crippen molar-refractivity contribution in [1.82, 2.24) is 4.98 Å². The van der Waals surface area contributed by atoms with Gasteiger partial charge in [0.1, 0.15) is 5.75 Å². The molecule has 0 atom stereocenters. The number of rotatable bonds is 2. The average Bonchev–Trinajstić information content (AvgIpc) is 2.52. The van der Waals surface area contributed by atoms with Gasteiger partial charge in [-0.2, -0.15) is 13.2 Å². The van der Waals surface area contributed by atoms with Gasteiger partial charge in [-0.25, -0.2) is 0 Å². The highest BCUT2D eigenvalue weighted by atomic mass is 19.4. The topological polar surface area (TPSA) is 22.1 Å². The standard InChI is InChI=1S/C18H14F3NO/c1-11-9-15(12-5-3-6-13(10-12)23-2)14-7-4-8-16(17(14)22-11)18(19,20)21/h3-10H,1-2H3. The Morgan fingerprint density at radius 1 is 1.00 bits per heavy atom. The van der Waals surface area contributed by atoms with Crippen molar-refractivity contribution in [2.45, 2.75) is 13.1 Å². The van der Waals surface area contributed by atoms with Crippen LogP contribution in [0.25, 0.3) is 22.0 Å². The molecule has 0 aliphatic heterocycles. The van der Waals surface area contributed by atoms with Gasteiger partial charge in [-0.15, -0.1) is 0 Å². The summed E-state index contributed by atoms with van der Waals surface area (Å²) in [7, 11) is 1.55. The van der Waals surface area contributed by atoms with Crippen LogP contribution in [0.5, 0.6) is 5.75 Å². The number of aryl methyl sites for hydroxylation is 1. The summed E-state index contributed by atoms with van der Waals surface area (Å²) in [6.07, 6.45) is -4.44. The van der Waals surface area contributed by atoms with E-state index in [1.165, 1.54) is 6.07 Å². The lowest BCUT2D eigenvalue weighted by Gasteiger charge is -2.14. The fourth-order valence-corrected chi connectivity index (χ4v) is 2.63. The smallest absolute Gasteiger partial charge is 0.418 e. The molecule has 2 nitrogen and oxygen atoms in total. The van der Waals surface area contributed by atoms with Crippen LogP contribution in [0.2, 0.25) is 0 Å². The third kappa shape index (κ3) is 2.86. The van der Waals surface area contributed by atoms with Gasteiger partial charge < -0.3 is 4.74 Å². The number of benzene rings is 2. The van der Waals surface area contributed by atoms with Crippen molar-refractivity contribution in [3.05, 3.63) is 59.8 Å². The van der Waals surface area contributed by atoms with Crippen LogP contribution in [0.15, 0.2) is 48.5 Å². The summed E-state index contributed by atoms with van der Waals surface area (Å²) in [4.78, 5) is 4.12. The van der Waals surface area contributed by atoms with E-state index in [4.69, 9.17) is 4.74 Å². The van der Waals surface area contributed by atoms with Crippen molar-refractivity contribution >= 4 is 10.9 Å². The van der Waals surface area contributed by atoms with Crippen molar-refractivity contribution in [3.63, 3.8) is 0 Å². The van der Waals surface area contributed by atoms with E-state index in [9.17, 15) is 13.2 Å². The number of ether oxygens (including phenoxy) is 1. The molecule has 118 valence electrons. The number of hydrogen-bond acceptors (Lipinski definition) is 2. The van der Waals surface area contributed by atoms with Crippen molar-refractivity contribution in [1.29, 1.82) is 0 Å². The van der Waals surface area contributed by atoms with Gasteiger partial charge in [0.25, 0.3) is 0 Å². The summed E-state index contributed by atoms with van der Waals surface area (Å²) in [5.41, 5.74) is 1.28. The number of halogens is 3. The molecular formula is C18H14F3NO. The molecule has 0 N–H and O–H groups in total. The number of aromatic nitrogens is 1. The third-order valence-electron chi connectivity index (χ3n) is 3.65. The zero-order valence-corrected chi connectivity index (χ0v) is 12.6. The maximum absolute atomic E-state index is 13.2. The molecule has 0 unspecified atom stereocenters. The number of hydrogen-bond donors (Lipinski definition) is 0. The maximum atomic E-state index is 13.2. The molecule has 5 heteroatoms. The van der Waals surface area contributed by atoms with Gasteiger partial charge in [-0.1, -0.05) is 24.3 Å². The molecule has 0 saturated heterocycles. The van der Waals surface area contributed by atoms with Crippen molar-refractivity contribution in [2.24, 2.45) is 0 Å². The first kappa shape index (κ1) is 15.3. The van der Waals surface area contributed by atoms with Gasteiger partial charge >= 0.3 is 6.18 Å². The minimum atomic E-state index is -4.44. The van der Waals surface area contributed by atoms with Crippen LogP contribution in [0.3, 0.4) is 0 Å². The van der Waals surface area contributed by atoms with E-state index >= 15 is 0 Å². The molecule has 1 heterocycles. The summed E-state index contributed by atoms with van der Waals surface area (Å²) in [5, 5.41) is 0.471. The largest absolute Gasteiger partial charge is 0.497 e. The number of alkyl halides is 3. The third-order valence-corrected chi connectivity index (χ3v) is 3.65. The van der Waals surface area contributed by atoms with Gasteiger partial charge in [-0.05, 0) is 42.3 Å². The minimum absolute atomic E-state index is 0.0298. The zero-order chi connectivity index (χ0) is 16.6. The quantitative estimate of drug-likeness (QED) is 0.645. The fraction of sp³-hybridized carbons (Fsp3) is 0.167. The van der Waals surface area contributed by atoms with E-state index in [2.05, 4.69) is 4.98 Å². The molecule has 0 spiro atoms. The molecule has 0 amide bonds. The lowest BCUT2D eigenvalue weighted by atomic mass is 9.98. The van der Waals surface area contributed by atoms with Gasteiger partial charge in [0.2, 0.25) is 0 Å². The maximum Gasteiger partial charge on any atom is 0.418 e. The SMILES string of the molecule is COc1cccc(-c2cc(C)nc3c(C(F)(F)F)cccc23)c1. The molecule has 2 aromatic carbocycles. The first-order valence-electron chi connectivity index (χ1n) is 7.02. The Kier molecular flexibility index (Phi) is 3.72. The molecule has 0 bridgehead atoms. The second kappa shape index (κ2) is 5.57. The molecule has 0 saturated carbocycles. The highest BCUT2D eigenvalue weighted by molar-refractivity contribution is 5.96. The Labute approximate surface area is 131 Å². The van der Waals surface area contributed by atoms with Gasteiger partial charge in [0, 0.05) is 11.1 Å². The molecule has 1 aromatic heterocycles. The number of nitrogens with zero attached hydrogens (tertiary/aromatic N) is 1. The molecule has 0 radical (unpaired) electrons. The van der Waals surface area contributed by atoms with E-state index in [1.807, 2.05) is 12.1 Å². The first-order chi connectivity index (χ1) is 10.9.